The third-order valence-electron chi connectivity index (χ3n) is 2.91. The summed E-state index contributed by atoms with van der Waals surface area (Å²) < 4.78 is 32.4. The summed E-state index contributed by atoms with van der Waals surface area (Å²) in [5, 5.41) is 9.95. The van der Waals surface area contributed by atoms with Crippen LogP contribution < -0.4 is 4.74 Å². The minimum Gasteiger partial charge on any atom is -0.494 e. The average molecular weight is 264 g/mol. The van der Waals surface area contributed by atoms with E-state index < -0.39 is 18.1 Å². The summed E-state index contributed by atoms with van der Waals surface area (Å²) in [5.41, 5.74) is 0.529. The second-order valence-corrected chi connectivity index (χ2v) is 4.15. The maximum absolute atomic E-state index is 14.1. The Morgan fingerprint density at radius 3 is 2.32 bits per heavy atom. The number of alkyl halides is 1. The molecule has 1 N–H and O–H groups in total. The van der Waals surface area contributed by atoms with Gasteiger partial charge < -0.3 is 9.84 Å². The van der Waals surface area contributed by atoms with Gasteiger partial charge in [-0.3, -0.25) is 0 Å². The Morgan fingerprint density at radius 1 is 1.05 bits per heavy atom. The molecule has 0 heterocycles. The largest absolute Gasteiger partial charge is 0.494 e. The highest BCUT2D eigenvalue weighted by atomic mass is 19.1. The molecule has 0 bridgehead atoms. The van der Waals surface area contributed by atoms with Crippen LogP contribution in [-0.4, -0.2) is 12.2 Å². The van der Waals surface area contributed by atoms with Crippen LogP contribution in [0.3, 0.4) is 0 Å². The Bertz CT molecular complexity index is 543. The van der Waals surface area contributed by atoms with Crippen LogP contribution in [0.25, 0.3) is 0 Å². The molecule has 0 aliphatic carbocycles. The van der Waals surface area contributed by atoms with Crippen LogP contribution in [0.1, 0.15) is 23.4 Å². The van der Waals surface area contributed by atoms with E-state index in [1.807, 2.05) is 0 Å². The predicted molar refractivity (Wildman–Crippen MR) is 68.2 cm³/mol. The SMILES string of the molecule is COc1ccc([C@@H](O)[C@@H](F)c2ccccc2)cc1F. The van der Waals surface area contributed by atoms with E-state index in [0.717, 1.165) is 6.07 Å². The topological polar surface area (TPSA) is 29.5 Å². The van der Waals surface area contributed by atoms with E-state index in [2.05, 4.69) is 0 Å². The lowest BCUT2D eigenvalue weighted by molar-refractivity contribution is 0.0771. The normalized spacial score (nSPS) is 13.9. The number of ether oxygens (including phenoxy) is 1. The van der Waals surface area contributed by atoms with Crippen molar-refractivity contribution in [2.75, 3.05) is 7.11 Å². The molecule has 0 aliphatic heterocycles. The lowest BCUT2D eigenvalue weighted by atomic mass is 9.99. The van der Waals surface area contributed by atoms with Crippen molar-refractivity contribution in [1.29, 1.82) is 0 Å². The number of hydrogen-bond acceptors (Lipinski definition) is 2. The van der Waals surface area contributed by atoms with E-state index in [1.54, 1.807) is 30.3 Å². The van der Waals surface area contributed by atoms with Crippen molar-refractivity contribution < 1.29 is 18.6 Å². The molecule has 0 saturated heterocycles. The van der Waals surface area contributed by atoms with Crippen molar-refractivity contribution in [3.8, 4) is 5.75 Å². The van der Waals surface area contributed by atoms with Crippen molar-refractivity contribution in [1.82, 2.24) is 0 Å². The smallest absolute Gasteiger partial charge is 0.165 e. The highest BCUT2D eigenvalue weighted by Crippen LogP contribution is 2.33. The van der Waals surface area contributed by atoms with Crippen LogP contribution in [-0.2, 0) is 0 Å². The number of halogens is 2. The first-order valence-corrected chi connectivity index (χ1v) is 5.84. The maximum Gasteiger partial charge on any atom is 0.165 e. The zero-order valence-electron chi connectivity index (χ0n) is 10.4. The standard InChI is InChI=1S/C15H14F2O2/c1-19-13-8-7-11(9-12(13)16)15(18)14(17)10-5-3-2-4-6-10/h2-9,14-15,18H,1H3/t14-,15+/m0/s1. The molecule has 0 fully saturated rings. The monoisotopic (exact) mass is 264 g/mol. The van der Waals surface area contributed by atoms with Crippen molar-refractivity contribution in [3.05, 3.63) is 65.5 Å². The second kappa shape index (κ2) is 5.80. The van der Waals surface area contributed by atoms with E-state index in [1.165, 1.54) is 19.2 Å². The number of rotatable bonds is 4. The minimum atomic E-state index is -1.60. The van der Waals surface area contributed by atoms with Gasteiger partial charge in [0.2, 0.25) is 0 Å². The molecule has 0 aliphatic rings. The molecule has 2 aromatic carbocycles. The fourth-order valence-electron chi connectivity index (χ4n) is 1.85. The molecule has 2 aromatic rings. The van der Waals surface area contributed by atoms with Gasteiger partial charge in [0.05, 0.1) is 7.11 Å². The molecule has 2 rings (SSSR count). The first kappa shape index (κ1) is 13.5. The summed E-state index contributed by atoms with van der Waals surface area (Å²) in [6.07, 6.45) is -3.02. The molecule has 4 heteroatoms. The van der Waals surface area contributed by atoms with Crippen molar-refractivity contribution in [2.45, 2.75) is 12.3 Å². The Hall–Kier alpha value is -1.94. The lowest BCUT2D eigenvalue weighted by Gasteiger charge is -2.17. The number of benzene rings is 2. The molecule has 0 saturated carbocycles. The van der Waals surface area contributed by atoms with E-state index in [4.69, 9.17) is 4.74 Å². The highest BCUT2D eigenvalue weighted by Gasteiger charge is 2.23. The molecule has 0 aromatic heterocycles. The van der Waals surface area contributed by atoms with Gasteiger partial charge in [0.1, 0.15) is 6.10 Å². The van der Waals surface area contributed by atoms with E-state index >= 15 is 0 Å². The second-order valence-electron chi connectivity index (χ2n) is 4.15. The Kier molecular flexibility index (Phi) is 4.12. The summed E-state index contributed by atoms with van der Waals surface area (Å²) in [4.78, 5) is 0. The summed E-state index contributed by atoms with van der Waals surface area (Å²) in [6, 6.07) is 12.2. The van der Waals surface area contributed by atoms with Gasteiger partial charge in [-0.05, 0) is 23.3 Å². The van der Waals surface area contributed by atoms with Gasteiger partial charge in [-0.2, -0.15) is 0 Å². The van der Waals surface area contributed by atoms with Gasteiger partial charge in [0, 0.05) is 0 Å². The Labute approximate surface area is 110 Å². The van der Waals surface area contributed by atoms with Crippen LogP contribution in [0.5, 0.6) is 5.75 Å². The third kappa shape index (κ3) is 2.90. The van der Waals surface area contributed by atoms with Gasteiger partial charge in [-0.15, -0.1) is 0 Å². The molecule has 0 spiro atoms. The quantitative estimate of drug-likeness (QED) is 0.914. The minimum absolute atomic E-state index is 0.0612. The number of aliphatic hydroxyl groups excluding tert-OH is 1. The van der Waals surface area contributed by atoms with Crippen LogP contribution >= 0.6 is 0 Å². The zero-order valence-corrected chi connectivity index (χ0v) is 10.4. The van der Waals surface area contributed by atoms with E-state index in [-0.39, 0.29) is 11.3 Å². The van der Waals surface area contributed by atoms with Crippen LogP contribution in [0, 0.1) is 5.82 Å². The van der Waals surface area contributed by atoms with Gasteiger partial charge >= 0.3 is 0 Å². The average Bonchev–Trinajstić information content (AvgIpc) is 2.46. The molecule has 0 unspecified atom stereocenters. The summed E-state index contributed by atoms with van der Waals surface area (Å²) >= 11 is 0. The molecule has 100 valence electrons. The third-order valence-corrected chi connectivity index (χ3v) is 2.91. The number of methoxy groups -OCH3 is 1. The number of aliphatic hydroxyl groups is 1. The highest BCUT2D eigenvalue weighted by molar-refractivity contribution is 5.32. The van der Waals surface area contributed by atoms with Gasteiger partial charge in [-0.1, -0.05) is 36.4 Å². The molecule has 0 radical (unpaired) electrons. The first-order chi connectivity index (χ1) is 9.13. The summed E-state index contributed by atoms with van der Waals surface area (Å²) in [7, 11) is 1.34. The fourth-order valence-corrected chi connectivity index (χ4v) is 1.85. The summed E-state index contributed by atoms with van der Waals surface area (Å²) in [6.45, 7) is 0. The molecule has 0 amide bonds. The summed E-state index contributed by atoms with van der Waals surface area (Å²) in [5.74, 6) is -0.564. The molecule has 2 nitrogen and oxygen atoms in total. The molecular weight excluding hydrogens is 250 g/mol. The van der Waals surface area contributed by atoms with Gasteiger partial charge in [0.15, 0.2) is 17.7 Å². The van der Waals surface area contributed by atoms with Gasteiger partial charge in [-0.25, -0.2) is 8.78 Å². The van der Waals surface area contributed by atoms with E-state index in [9.17, 15) is 13.9 Å². The van der Waals surface area contributed by atoms with Crippen molar-refractivity contribution >= 4 is 0 Å². The lowest BCUT2D eigenvalue weighted by Crippen LogP contribution is -2.07. The maximum atomic E-state index is 14.1. The van der Waals surface area contributed by atoms with Crippen molar-refractivity contribution in [2.24, 2.45) is 0 Å². The Balaban J connectivity index is 2.24. The first-order valence-electron chi connectivity index (χ1n) is 5.84. The predicted octanol–water partition coefficient (Wildman–Crippen LogP) is 3.58. The Morgan fingerprint density at radius 2 is 1.74 bits per heavy atom. The molecular formula is C15H14F2O2. The molecule has 2 atom stereocenters. The van der Waals surface area contributed by atoms with Gasteiger partial charge in [0.25, 0.3) is 0 Å². The fraction of sp³-hybridized carbons (Fsp3) is 0.200. The van der Waals surface area contributed by atoms with Crippen LogP contribution in [0.2, 0.25) is 0 Å². The molecule has 19 heavy (non-hydrogen) atoms. The van der Waals surface area contributed by atoms with E-state index in [0.29, 0.717) is 5.56 Å². The van der Waals surface area contributed by atoms with Crippen LogP contribution in [0.15, 0.2) is 48.5 Å². The van der Waals surface area contributed by atoms with Crippen molar-refractivity contribution in [3.63, 3.8) is 0 Å². The zero-order chi connectivity index (χ0) is 13.8. The number of hydrogen-bond donors (Lipinski definition) is 1. The van der Waals surface area contributed by atoms with Crippen LogP contribution in [0.4, 0.5) is 8.78 Å².